The molecule has 8 heteroatoms. The number of aromatic nitrogens is 2. The van der Waals surface area contributed by atoms with E-state index in [0.29, 0.717) is 25.1 Å². The topological polar surface area (TPSA) is 84.7 Å². The molecule has 172 valence electrons. The first kappa shape index (κ1) is 21.9. The number of aliphatic hydroxyl groups is 1. The monoisotopic (exact) mass is 473 g/mol. The number of carbonyl (C=O) groups is 2. The van der Waals surface area contributed by atoms with Gasteiger partial charge in [0.1, 0.15) is 11.5 Å². The third-order valence-corrected chi connectivity index (χ3v) is 6.97. The molecule has 1 atom stereocenters. The highest BCUT2D eigenvalue weighted by Crippen LogP contribution is 2.41. The maximum Gasteiger partial charge on any atom is 0.295 e. The zero-order valence-electron chi connectivity index (χ0n) is 18.5. The first-order chi connectivity index (χ1) is 16.6. The molecule has 1 aliphatic heterocycles. The predicted octanol–water partition coefficient (Wildman–Crippen LogP) is 4.62. The van der Waals surface area contributed by atoms with Crippen LogP contribution in [0.4, 0.5) is 0 Å². The van der Waals surface area contributed by atoms with Crippen LogP contribution in [0, 0.1) is 0 Å². The number of ketones is 1. The Morgan fingerprint density at radius 3 is 2.68 bits per heavy atom. The highest BCUT2D eigenvalue weighted by molar-refractivity contribution is 7.10. The molecule has 1 unspecified atom stereocenters. The van der Waals surface area contributed by atoms with Gasteiger partial charge >= 0.3 is 0 Å². The van der Waals surface area contributed by atoms with Gasteiger partial charge in [0.2, 0.25) is 0 Å². The number of amides is 1. The number of aliphatic hydroxyl groups excluding tert-OH is 1. The molecule has 0 radical (unpaired) electrons. The molecule has 34 heavy (non-hydrogen) atoms. The third-order valence-electron chi connectivity index (χ3n) is 6.05. The lowest BCUT2D eigenvalue weighted by atomic mass is 9.98. The number of thiophene rings is 1. The van der Waals surface area contributed by atoms with E-state index >= 15 is 0 Å². The molecule has 5 rings (SSSR count). The molecule has 0 bridgehead atoms. The minimum Gasteiger partial charge on any atom is -0.507 e. The maximum atomic E-state index is 13.1. The number of hydrogen-bond donors (Lipinski definition) is 1. The molecule has 3 heterocycles. The standard InChI is InChI=1S/C26H23N3O4S/c1-33-20-8-7-17-14-19(6-5-18(17)15-20)24(30)22-23(21-4-2-13-34-21)29(26(32)25(22)31)11-3-10-28-12-9-27-16-28/h2,4-9,12-16,23,30H,3,10-11H2,1H3/b24-22+. The Labute approximate surface area is 200 Å². The Morgan fingerprint density at radius 2 is 1.94 bits per heavy atom. The van der Waals surface area contributed by atoms with Gasteiger partial charge in [-0.3, -0.25) is 9.59 Å². The van der Waals surface area contributed by atoms with E-state index in [-0.39, 0.29) is 11.3 Å². The van der Waals surface area contributed by atoms with Crippen LogP contribution in [-0.4, -0.2) is 44.9 Å². The number of aryl methyl sites for hydroxylation is 1. The minimum absolute atomic E-state index is 0.128. The van der Waals surface area contributed by atoms with Crippen molar-refractivity contribution in [3.63, 3.8) is 0 Å². The van der Waals surface area contributed by atoms with E-state index in [1.165, 1.54) is 11.3 Å². The molecule has 0 spiro atoms. The van der Waals surface area contributed by atoms with Crippen LogP contribution < -0.4 is 4.74 Å². The Bertz CT molecular complexity index is 1380. The Kier molecular flexibility index (Phi) is 5.90. The maximum absolute atomic E-state index is 13.1. The summed E-state index contributed by atoms with van der Waals surface area (Å²) >= 11 is 1.46. The summed E-state index contributed by atoms with van der Waals surface area (Å²) in [6.45, 7) is 1.06. The van der Waals surface area contributed by atoms with Gasteiger partial charge in [-0.2, -0.15) is 0 Å². The van der Waals surface area contributed by atoms with Crippen molar-refractivity contribution >= 4 is 39.6 Å². The van der Waals surface area contributed by atoms with Crippen LogP contribution in [0.1, 0.15) is 22.9 Å². The first-order valence-corrected chi connectivity index (χ1v) is 11.8. The SMILES string of the molecule is COc1ccc2cc(/C(O)=C3\C(=O)C(=O)N(CCCn4ccnc4)C3c3cccs3)ccc2c1. The molecule has 4 aromatic rings. The van der Waals surface area contributed by atoms with E-state index in [4.69, 9.17) is 4.74 Å². The highest BCUT2D eigenvalue weighted by atomic mass is 32.1. The van der Waals surface area contributed by atoms with E-state index in [9.17, 15) is 14.7 Å². The van der Waals surface area contributed by atoms with E-state index in [1.807, 2.05) is 58.6 Å². The van der Waals surface area contributed by atoms with Crippen LogP contribution in [0.3, 0.4) is 0 Å². The van der Waals surface area contributed by atoms with Crippen molar-refractivity contribution in [2.45, 2.75) is 19.0 Å². The first-order valence-electron chi connectivity index (χ1n) is 10.9. The molecule has 2 aromatic carbocycles. The Morgan fingerprint density at radius 1 is 1.12 bits per heavy atom. The highest BCUT2D eigenvalue weighted by Gasteiger charge is 2.46. The smallest absolute Gasteiger partial charge is 0.295 e. The number of hydrogen-bond acceptors (Lipinski definition) is 6. The number of fused-ring (bicyclic) bond motifs is 1. The second-order valence-electron chi connectivity index (χ2n) is 8.09. The van der Waals surface area contributed by atoms with Crippen molar-refractivity contribution in [3.8, 4) is 5.75 Å². The molecule has 1 amide bonds. The summed E-state index contributed by atoms with van der Waals surface area (Å²) < 4.78 is 7.21. The quantitative estimate of drug-likeness (QED) is 0.241. The average molecular weight is 474 g/mol. The van der Waals surface area contributed by atoms with Crippen molar-refractivity contribution in [1.82, 2.24) is 14.5 Å². The summed E-state index contributed by atoms with van der Waals surface area (Å²) in [6.07, 6.45) is 5.95. The molecule has 7 nitrogen and oxygen atoms in total. The lowest BCUT2D eigenvalue weighted by Crippen LogP contribution is -2.31. The molecule has 2 aromatic heterocycles. The Hall–Kier alpha value is -3.91. The fourth-order valence-electron chi connectivity index (χ4n) is 4.35. The summed E-state index contributed by atoms with van der Waals surface area (Å²) in [5, 5.41) is 15.0. The van der Waals surface area contributed by atoms with Crippen molar-refractivity contribution in [1.29, 1.82) is 0 Å². The van der Waals surface area contributed by atoms with Crippen molar-refractivity contribution in [2.75, 3.05) is 13.7 Å². The summed E-state index contributed by atoms with van der Waals surface area (Å²) in [5.41, 5.74) is 0.624. The number of ether oxygens (including phenoxy) is 1. The molecule has 1 N–H and O–H groups in total. The second-order valence-corrected chi connectivity index (χ2v) is 9.07. The number of nitrogens with zero attached hydrogens (tertiary/aromatic N) is 3. The third kappa shape index (κ3) is 3.97. The summed E-state index contributed by atoms with van der Waals surface area (Å²) in [4.78, 5) is 32.6. The van der Waals surface area contributed by atoms with Gasteiger partial charge < -0.3 is 19.3 Å². The van der Waals surface area contributed by atoms with Gasteiger partial charge in [-0.05, 0) is 46.8 Å². The predicted molar refractivity (Wildman–Crippen MR) is 131 cm³/mol. The van der Waals surface area contributed by atoms with Gasteiger partial charge in [-0.1, -0.05) is 24.3 Å². The molecule has 0 aliphatic carbocycles. The van der Waals surface area contributed by atoms with Gasteiger partial charge in [-0.25, -0.2) is 4.98 Å². The van der Waals surface area contributed by atoms with Gasteiger partial charge in [0.15, 0.2) is 0 Å². The van der Waals surface area contributed by atoms with Crippen LogP contribution in [0.2, 0.25) is 0 Å². The summed E-state index contributed by atoms with van der Waals surface area (Å²) in [5.74, 6) is -0.667. The molecule has 1 fully saturated rings. The number of methoxy groups -OCH3 is 1. The average Bonchev–Trinajstić information content (AvgIpc) is 3.62. The van der Waals surface area contributed by atoms with Gasteiger partial charge in [0.05, 0.1) is 25.1 Å². The van der Waals surface area contributed by atoms with E-state index in [1.54, 1.807) is 30.6 Å². The normalized spacial score (nSPS) is 17.6. The number of likely N-dealkylation sites (tertiary alicyclic amines) is 1. The van der Waals surface area contributed by atoms with Gasteiger partial charge in [0, 0.05) is 35.9 Å². The lowest BCUT2D eigenvalue weighted by Gasteiger charge is -2.24. The van der Waals surface area contributed by atoms with Crippen LogP contribution >= 0.6 is 11.3 Å². The molecular formula is C26H23N3O4S. The van der Waals surface area contributed by atoms with Crippen LogP contribution in [-0.2, 0) is 16.1 Å². The molecule has 1 saturated heterocycles. The zero-order valence-corrected chi connectivity index (χ0v) is 19.4. The van der Waals surface area contributed by atoms with Crippen LogP contribution in [0.5, 0.6) is 5.75 Å². The number of imidazole rings is 1. The largest absolute Gasteiger partial charge is 0.507 e. The van der Waals surface area contributed by atoms with Crippen molar-refractivity contribution in [3.05, 3.63) is 88.6 Å². The van der Waals surface area contributed by atoms with Gasteiger partial charge in [0.25, 0.3) is 11.7 Å². The second kappa shape index (κ2) is 9.15. The van der Waals surface area contributed by atoms with E-state index in [0.717, 1.165) is 21.4 Å². The minimum atomic E-state index is -0.659. The summed E-state index contributed by atoms with van der Waals surface area (Å²) in [7, 11) is 1.61. The van der Waals surface area contributed by atoms with Crippen LogP contribution in [0.25, 0.3) is 16.5 Å². The van der Waals surface area contributed by atoms with E-state index in [2.05, 4.69) is 4.98 Å². The van der Waals surface area contributed by atoms with Crippen LogP contribution in [0.15, 0.2) is 78.2 Å². The summed E-state index contributed by atoms with van der Waals surface area (Å²) in [6, 6.07) is 14.3. The fraction of sp³-hybridized carbons (Fsp3) is 0.192. The fourth-order valence-corrected chi connectivity index (χ4v) is 5.19. The number of rotatable bonds is 7. The zero-order chi connectivity index (χ0) is 23.7. The van der Waals surface area contributed by atoms with Crippen molar-refractivity contribution < 1.29 is 19.4 Å². The molecular weight excluding hydrogens is 450 g/mol. The number of benzene rings is 2. The number of Topliss-reactive ketones (excluding diaryl/α,β-unsaturated/α-hetero) is 1. The lowest BCUT2D eigenvalue weighted by molar-refractivity contribution is -0.139. The van der Waals surface area contributed by atoms with E-state index < -0.39 is 17.7 Å². The van der Waals surface area contributed by atoms with Gasteiger partial charge in [-0.15, -0.1) is 11.3 Å². The molecule has 0 saturated carbocycles. The number of carbonyl (C=O) groups excluding carboxylic acids is 2. The molecule has 1 aliphatic rings. The van der Waals surface area contributed by atoms with Crippen molar-refractivity contribution in [2.24, 2.45) is 0 Å². The Balaban J connectivity index is 1.52.